The van der Waals surface area contributed by atoms with E-state index in [1.807, 2.05) is 6.07 Å². The Morgan fingerprint density at radius 3 is 2.71 bits per heavy atom. The molecule has 4 atom stereocenters. The van der Waals surface area contributed by atoms with Gasteiger partial charge in [0.2, 0.25) is 0 Å². The highest BCUT2D eigenvalue weighted by atomic mass is 16.6. The first-order valence-corrected chi connectivity index (χ1v) is 6.10. The molecule has 3 rings (SSSR count). The molecule has 0 aliphatic carbocycles. The average molecular weight is 292 g/mol. The van der Waals surface area contributed by atoms with Crippen molar-refractivity contribution < 1.29 is 20.1 Å². The first-order chi connectivity index (χ1) is 10.1. The molecular formula is C11H12N6O4. The summed E-state index contributed by atoms with van der Waals surface area (Å²) in [6, 6.07) is 1.88. The Labute approximate surface area is 117 Å². The van der Waals surface area contributed by atoms with Crippen molar-refractivity contribution >= 4 is 16.9 Å². The SMILES string of the molecule is N#Cc1[nH]nc2nc([C@@H]3O[C@H](CO)[C@@H](O)[C@H]3O)nc(N)c12. The van der Waals surface area contributed by atoms with Gasteiger partial charge in [0.15, 0.2) is 11.5 Å². The fourth-order valence-corrected chi connectivity index (χ4v) is 2.29. The number of nitrogens with zero attached hydrogens (tertiary/aromatic N) is 4. The van der Waals surface area contributed by atoms with Crippen LogP contribution >= 0.6 is 0 Å². The lowest BCUT2D eigenvalue weighted by Crippen LogP contribution is -2.32. The lowest BCUT2D eigenvalue weighted by molar-refractivity contribution is -0.0251. The number of nitrogen functional groups attached to an aromatic ring is 1. The Hall–Kier alpha value is -2.32. The summed E-state index contributed by atoms with van der Waals surface area (Å²) in [5.74, 6) is 0.0385. The summed E-state index contributed by atoms with van der Waals surface area (Å²) in [4.78, 5) is 8.07. The van der Waals surface area contributed by atoms with Crippen LogP contribution in [0.2, 0.25) is 0 Å². The summed E-state index contributed by atoms with van der Waals surface area (Å²) >= 11 is 0. The molecule has 0 radical (unpaired) electrons. The molecule has 0 aromatic carbocycles. The third kappa shape index (κ3) is 1.99. The fraction of sp³-hybridized carbons (Fsp3) is 0.455. The van der Waals surface area contributed by atoms with Gasteiger partial charge >= 0.3 is 0 Å². The second-order valence-electron chi connectivity index (χ2n) is 4.63. The molecule has 2 aromatic rings. The average Bonchev–Trinajstić information content (AvgIpc) is 3.02. The summed E-state index contributed by atoms with van der Waals surface area (Å²) in [6.07, 6.45) is -4.52. The predicted molar refractivity (Wildman–Crippen MR) is 67.5 cm³/mol. The predicted octanol–water partition coefficient (Wildman–Crippen LogP) is -2.04. The van der Waals surface area contributed by atoms with Crippen molar-refractivity contribution in [1.82, 2.24) is 20.2 Å². The largest absolute Gasteiger partial charge is 0.394 e. The minimum Gasteiger partial charge on any atom is -0.394 e. The number of rotatable bonds is 2. The quantitative estimate of drug-likeness (QED) is 0.417. The van der Waals surface area contributed by atoms with Gasteiger partial charge in [-0.1, -0.05) is 0 Å². The second-order valence-corrected chi connectivity index (χ2v) is 4.63. The van der Waals surface area contributed by atoms with Crippen LogP contribution in [-0.4, -0.2) is 60.4 Å². The molecule has 1 aliphatic heterocycles. The molecule has 1 saturated heterocycles. The Balaban J connectivity index is 2.04. The molecular weight excluding hydrogens is 280 g/mol. The first kappa shape index (κ1) is 13.7. The van der Waals surface area contributed by atoms with Crippen molar-refractivity contribution in [2.75, 3.05) is 12.3 Å². The van der Waals surface area contributed by atoms with E-state index < -0.39 is 31.0 Å². The number of anilines is 1. The number of ether oxygens (including phenoxy) is 1. The second kappa shape index (κ2) is 4.90. The lowest BCUT2D eigenvalue weighted by atomic mass is 10.1. The number of H-pyrrole nitrogens is 1. The molecule has 1 fully saturated rings. The van der Waals surface area contributed by atoms with Crippen LogP contribution in [-0.2, 0) is 4.74 Å². The maximum Gasteiger partial charge on any atom is 0.187 e. The normalized spacial score (nSPS) is 28.9. The first-order valence-electron chi connectivity index (χ1n) is 6.10. The maximum atomic E-state index is 9.94. The summed E-state index contributed by atoms with van der Waals surface area (Å²) in [5, 5.41) is 44.2. The van der Waals surface area contributed by atoms with Gasteiger partial charge in [0.1, 0.15) is 42.0 Å². The Bertz CT molecular complexity index is 725. The van der Waals surface area contributed by atoms with Gasteiger partial charge in [-0.2, -0.15) is 10.4 Å². The van der Waals surface area contributed by atoms with Gasteiger partial charge in [-0.15, -0.1) is 0 Å². The van der Waals surface area contributed by atoms with Crippen molar-refractivity contribution in [3.8, 4) is 6.07 Å². The molecule has 110 valence electrons. The molecule has 6 N–H and O–H groups in total. The number of hydrogen-bond donors (Lipinski definition) is 5. The number of nitrogens with two attached hydrogens (primary N) is 1. The Morgan fingerprint density at radius 1 is 1.33 bits per heavy atom. The zero-order valence-corrected chi connectivity index (χ0v) is 10.6. The van der Waals surface area contributed by atoms with Gasteiger partial charge < -0.3 is 25.8 Å². The maximum absolute atomic E-state index is 9.94. The van der Waals surface area contributed by atoms with E-state index in [0.29, 0.717) is 0 Å². The van der Waals surface area contributed by atoms with E-state index in [0.717, 1.165) is 0 Å². The van der Waals surface area contributed by atoms with Crippen LogP contribution in [0.3, 0.4) is 0 Å². The Kier molecular flexibility index (Phi) is 3.19. The van der Waals surface area contributed by atoms with Crippen molar-refractivity contribution in [3.05, 3.63) is 11.5 Å². The third-order valence-corrected chi connectivity index (χ3v) is 3.37. The molecule has 21 heavy (non-hydrogen) atoms. The summed E-state index contributed by atoms with van der Waals surface area (Å²) in [6.45, 7) is -0.451. The van der Waals surface area contributed by atoms with Crippen LogP contribution in [0.1, 0.15) is 17.6 Å². The summed E-state index contributed by atoms with van der Waals surface area (Å²) in [5.41, 5.74) is 6.07. The fourth-order valence-electron chi connectivity index (χ4n) is 2.29. The number of aliphatic hydroxyl groups excluding tert-OH is 3. The molecule has 1 aliphatic rings. The van der Waals surface area contributed by atoms with Crippen molar-refractivity contribution in [2.45, 2.75) is 24.4 Å². The smallest absolute Gasteiger partial charge is 0.187 e. The van der Waals surface area contributed by atoms with E-state index in [1.54, 1.807) is 0 Å². The highest BCUT2D eigenvalue weighted by Crippen LogP contribution is 2.33. The molecule has 10 heteroatoms. The number of aliphatic hydroxyl groups is 3. The van der Waals surface area contributed by atoms with Gasteiger partial charge in [-0.25, -0.2) is 9.97 Å². The summed E-state index contributed by atoms with van der Waals surface area (Å²) in [7, 11) is 0. The molecule has 2 aromatic heterocycles. The standard InChI is InChI=1S/C11H12N6O4/c12-1-3-5-9(13)14-11(15-10(5)17-16-3)8-7(20)6(19)4(2-18)21-8/h4,6-8,18-20H,2H2,(H3,13,14,15,16,17)/t4-,6-,7-,8-/m1/s1. The van der Waals surface area contributed by atoms with E-state index in [-0.39, 0.29) is 28.4 Å². The number of fused-ring (bicyclic) bond motifs is 1. The van der Waals surface area contributed by atoms with Crippen LogP contribution in [0.5, 0.6) is 0 Å². The van der Waals surface area contributed by atoms with E-state index in [4.69, 9.17) is 20.8 Å². The minimum atomic E-state index is -1.30. The van der Waals surface area contributed by atoms with Crippen LogP contribution in [0, 0.1) is 11.3 Å². The van der Waals surface area contributed by atoms with E-state index in [2.05, 4.69) is 20.2 Å². The molecule has 3 heterocycles. The highest BCUT2D eigenvalue weighted by Gasteiger charge is 2.44. The van der Waals surface area contributed by atoms with Gasteiger partial charge in [0, 0.05) is 0 Å². The Morgan fingerprint density at radius 2 is 2.10 bits per heavy atom. The van der Waals surface area contributed by atoms with Crippen LogP contribution in [0.15, 0.2) is 0 Å². The molecule has 0 saturated carbocycles. The van der Waals surface area contributed by atoms with E-state index in [9.17, 15) is 10.2 Å². The van der Waals surface area contributed by atoms with Crippen molar-refractivity contribution in [1.29, 1.82) is 5.26 Å². The van der Waals surface area contributed by atoms with Crippen LogP contribution < -0.4 is 5.73 Å². The van der Waals surface area contributed by atoms with Crippen LogP contribution in [0.25, 0.3) is 11.0 Å². The number of aromatic amines is 1. The minimum absolute atomic E-state index is 0.0121. The number of hydrogen-bond acceptors (Lipinski definition) is 9. The summed E-state index contributed by atoms with van der Waals surface area (Å²) < 4.78 is 5.32. The van der Waals surface area contributed by atoms with Gasteiger partial charge in [0.25, 0.3) is 0 Å². The molecule has 0 bridgehead atoms. The zero-order valence-electron chi connectivity index (χ0n) is 10.6. The van der Waals surface area contributed by atoms with E-state index >= 15 is 0 Å². The van der Waals surface area contributed by atoms with Gasteiger partial charge in [-0.05, 0) is 0 Å². The van der Waals surface area contributed by atoms with Gasteiger partial charge in [0.05, 0.1) is 12.0 Å². The van der Waals surface area contributed by atoms with Crippen molar-refractivity contribution in [3.63, 3.8) is 0 Å². The third-order valence-electron chi connectivity index (χ3n) is 3.37. The van der Waals surface area contributed by atoms with Crippen molar-refractivity contribution in [2.24, 2.45) is 0 Å². The number of nitriles is 1. The van der Waals surface area contributed by atoms with Gasteiger partial charge in [-0.3, -0.25) is 5.10 Å². The molecule has 10 nitrogen and oxygen atoms in total. The topological polar surface area (TPSA) is 174 Å². The highest BCUT2D eigenvalue weighted by molar-refractivity contribution is 5.89. The van der Waals surface area contributed by atoms with E-state index in [1.165, 1.54) is 0 Å². The monoisotopic (exact) mass is 292 g/mol. The van der Waals surface area contributed by atoms with Crippen LogP contribution in [0.4, 0.5) is 5.82 Å². The molecule has 0 spiro atoms. The lowest BCUT2D eigenvalue weighted by Gasteiger charge is -2.13. The number of aromatic nitrogens is 4. The molecule has 0 unspecified atom stereocenters. The molecule has 0 amide bonds. The number of nitrogens with one attached hydrogen (secondary N) is 1. The zero-order chi connectivity index (χ0) is 15.1.